The topological polar surface area (TPSA) is 75.7 Å². The molecule has 7 heteroatoms. The molecule has 0 unspecified atom stereocenters. The number of benzene rings is 1. The summed E-state index contributed by atoms with van der Waals surface area (Å²) in [5, 5.41) is 4.58. The standard InChI is InChI=1S/C21H24N2O4S/c1-14-9-15(2)12-23(11-14)19(24)13-27-21(26)16-5-3-6-17(10-16)22-20(25)18-7-4-8-28-18/h3-8,10,14-15H,9,11-13H2,1-2H3,(H,22,25)/t14-,15-/m1/s1. The lowest BCUT2D eigenvalue weighted by molar-refractivity contribution is -0.137. The maximum Gasteiger partial charge on any atom is 0.338 e. The summed E-state index contributed by atoms with van der Waals surface area (Å²) in [6, 6.07) is 10.0. The Labute approximate surface area is 168 Å². The molecule has 2 aromatic rings. The fourth-order valence-corrected chi connectivity index (χ4v) is 4.11. The number of piperidine rings is 1. The first kappa shape index (κ1) is 20.1. The molecule has 0 spiro atoms. The number of rotatable bonds is 5. The third kappa shape index (κ3) is 5.19. The van der Waals surface area contributed by atoms with Gasteiger partial charge in [-0.1, -0.05) is 26.0 Å². The molecule has 6 nitrogen and oxygen atoms in total. The minimum absolute atomic E-state index is 0.172. The van der Waals surface area contributed by atoms with Crippen LogP contribution in [-0.4, -0.2) is 42.4 Å². The highest BCUT2D eigenvalue weighted by atomic mass is 32.1. The number of carbonyl (C=O) groups is 3. The summed E-state index contributed by atoms with van der Waals surface area (Å²) in [5.74, 6) is -0.0873. The average Bonchev–Trinajstić information content (AvgIpc) is 3.20. The van der Waals surface area contributed by atoms with E-state index in [9.17, 15) is 14.4 Å². The van der Waals surface area contributed by atoms with E-state index in [0.717, 1.165) is 6.42 Å². The maximum atomic E-state index is 12.4. The van der Waals surface area contributed by atoms with E-state index in [0.29, 0.717) is 35.5 Å². The molecule has 0 radical (unpaired) electrons. The third-order valence-corrected chi connectivity index (χ3v) is 5.52. The zero-order chi connectivity index (χ0) is 20.1. The Hall–Kier alpha value is -2.67. The molecular formula is C21H24N2O4S. The van der Waals surface area contributed by atoms with Crippen LogP contribution in [0.15, 0.2) is 41.8 Å². The number of amides is 2. The third-order valence-electron chi connectivity index (χ3n) is 4.65. The van der Waals surface area contributed by atoms with Crippen LogP contribution in [0.4, 0.5) is 5.69 Å². The number of nitrogens with one attached hydrogen (secondary N) is 1. The molecule has 2 heterocycles. The highest BCUT2D eigenvalue weighted by Gasteiger charge is 2.26. The van der Waals surface area contributed by atoms with Crippen LogP contribution in [0.1, 0.15) is 40.3 Å². The van der Waals surface area contributed by atoms with Gasteiger partial charge in [0.2, 0.25) is 0 Å². The second-order valence-corrected chi connectivity index (χ2v) is 8.28. The van der Waals surface area contributed by atoms with Crippen molar-refractivity contribution in [3.05, 3.63) is 52.2 Å². The van der Waals surface area contributed by atoms with Gasteiger partial charge in [-0.25, -0.2) is 4.79 Å². The van der Waals surface area contributed by atoms with Gasteiger partial charge >= 0.3 is 5.97 Å². The predicted molar refractivity (Wildman–Crippen MR) is 109 cm³/mol. The number of esters is 1. The number of nitrogens with zero attached hydrogens (tertiary/aromatic N) is 1. The number of likely N-dealkylation sites (tertiary alicyclic amines) is 1. The fourth-order valence-electron chi connectivity index (χ4n) is 3.49. The highest BCUT2D eigenvalue weighted by Crippen LogP contribution is 2.21. The molecule has 0 aliphatic carbocycles. The molecule has 2 amide bonds. The molecule has 148 valence electrons. The van der Waals surface area contributed by atoms with Crippen molar-refractivity contribution in [2.24, 2.45) is 11.8 Å². The van der Waals surface area contributed by atoms with Gasteiger partial charge in [-0.3, -0.25) is 9.59 Å². The second-order valence-electron chi connectivity index (χ2n) is 7.33. The fraction of sp³-hybridized carbons (Fsp3) is 0.381. The van der Waals surface area contributed by atoms with Crippen LogP contribution in [0.25, 0.3) is 0 Å². The molecular weight excluding hydrogens is 376 g/mol. The molecule has 2 atom stereocenters. The van der Waals surface area contributed by atoms with E-state index in [4.69, 9.17) is 4.74 Å². The lowest BCUT2D eigenvalue weighted by Gasteiger charge is -2.34. The highest BCUT2D eigenvalue weighted by molar-refractivity contribution is 7.12. The van der Waals surface area contributed by atoms with Gasteiger partial charge in [-0.15, -0.1) is 11.3 Å². The normalized spacial score (nSPS) is 19.1. The van der Waals surface area contributed by atoms with Crippen molar-refractivity contribution in [3.8, 4) is 0 Å². The molecule has 1 aromatic carbocycles. The van der Waals surface area contributed by atoms with Crippen LogP contribution in [0.3, 0.4) is 0 Å². The summed E-state index contributed by atoms with van der Waals surface area (Å²) in [6.07, 6.45) is 1.10. The molecule has 1 saturated heterocycles. The van der Waals surface area contributed by atoms with Crippen LogP contribution >= 0.6 is 11.3 Å². The van der Waals surface area contributed by atoms with Crippen molar-refractivity contribution in [1.82, 2.24) is 4.90 Å². The summed E-state index contributed by atoms with van der Waals surface area (Å²) in [5.41, 5.74) is 0.787. The number of hydrogen-bond acceptors (Lipinski definition) is 5. The van der Waals surface area contributed by atoms with Crippen molar-refractivity contribution < 1.29 is 19.1 Å². The molecule has 0 saturated carbocycles. The Morgan fingerprint density at radius 1 is 1.14 bits per heavy atom. The van der Waals surface area contributed by atoms with Crippen molar-refractivity contribution in [3.63, 3.8) is 0 Å². The van der Waals surface area contributed by atoms with E-state index in [2.05, 4.69) is 19.2 Å². The van der Waals surface area contributed by atoms with Gasteiger partial charge in [-0.2, -0.15) is 0 Å². The van der Waals surface area contributed by atoms with E-state index in [1.807, 2.05) is 5.38 Å². The summed E-state index contributed by atoms with van der Waals surface area (Å²) in [6.45, 7) is 5.37. The largest absolute Gasteiger partial charge is 0.452 e. The smallest absolute Gasteiger partial charge is 0.338 e. The van der Waals surface area contributed by atoms with Gasteiger partial charge in [0.05, 0.1) is 10.4 Å². The Bertz CT molecular complexity index is 840. The van der Waals surface area contributed by atoms with E-state index in [1.54, 1.807) is 41.3 Å². The Morgan fingerprint density at radius 3 is 2.57 bits per heavy atom. The zero-order valence-electron chi connectivity index (χ0n) is 16.0. The van der Waals surface area contributed by atoms with E-state index >= 15 is 0 Å². The van der Waals surface area contributed by atoms with Crippen LogP contribution < -0.4 is 5.32 Å². The van der Waals surface area contributed by atoms with Gasteiger partial charge in [-0.05, 0) is 47.9 Å². The van der Waals surface area contributed by atoms with Gasteiger partial charge < -0.3 is 15.0 Å². The van der Waals surface area contributed by atoms with Crippen LogP contribution in [-0.2, 0) is 9.53 Å². The molecule has 1 fully saturated rings. The molecule has 1 aliphatic heterocycles. The summed E-state index contributed by atoms with van der Waals surface area (Å²) < 4.78 is 5.21. The van der Waals surface area contributed by atoms with E-state index < -0.39 is 5.97 Å². The van der Waals surface area contributed by atoms with Crippen molar-refractivity contribution in [2.75, 3.05) is 25.0 Å². The summed E-state index contributed by atoms with van der Waals surface area (Å²) in [7, 11) is 0. The molecule has 1 aliphatic rings. The van der Waals surface area contributed by atoms with Crippen molar-refractivity contribution >= 4 is 34.8 Å². The lowest BCUT2D eigenvalue weighted by Crippen LogP contribution is -2.44. The Morgan fingerprint density at radius 2 is 1.89 bits per heavy atom. The van der Waals surface area contributed by atoms with Crippen molar-refractivity contribution in [2.45, 2.75) is 20.3 Å². The molecule has 3 rings (SSSR count). The van der Waals surface area contributed by atoms with Gasteiger partial charge in [0.15, 0.2) is 6.61 Å². The van der Waals surface area contributed by atoms with Crippen LogP contribution in [0.5, 0.6) is 0 Å². The number of hydrogen-bond donors (Lipinski definition) is 1. The zero-order valence-corrected chi connectivity index (χ0v) is 16.8. The Kier molecular flexibility index (Phi) is 6.46. The first-order valence-corrected chi connectivity index (χ1v) is 10.2. The van der Waals surface area contributed by atoms with Gasteiger partial charge in [0.1, 0.15) is 0 Å². The Balaban J connectivity index is 1.55. The number of thiophene rings is 1. The second kappa shape index (κ2) is 9.01. The van der Waals surface area contributed by atoms with Crippen LogP contribution in [0, 0.1) is 11.8 Å². The molecule has 28 heavy (non-hydrogen) atoms. The van der Waals surface area contributed by atoms with E-state index in [-0.39, 0.29) is 24.0 Å². The maximum absolute atomic E-state index is 12.4. The lowest BCUT2D eigenvalue weighted by atomic mass is 9.92. The molecule has 1 aromatic heterocycles. The van der Waals surface area contributed by atoms with Crippen LogP contribution in [0.2, 0.25) is 0 Å². The number of carbonyl (C=O) groups excluding carboxylic acids is 3. The minimum Gasteiger partial charge on any atom is -0.452 e. The van der Waals surface area contributed by atoms with Crippen molar-refractivity contribution in [1.29, 1.82) is 0 Å². The summed E-state index contributed by atoms with van der Waals surface area (Å²) in [4.78, 5) is 39.2. The molecule has 0 bridgehead atoms. The van der Waals surface area contributed by atoms with E-state index in [1.165, 1.54) is 11.3 Å². The average molecular weight is 401 g/mol. The number of ether oxygens (including phenoxy) is 1. The first-order valence-electron chi connectivity index (χ1n) is 9.32. The quantitative estimate of drug-likeness (QED) is 0.777. The van der Waals surface area contributed by atoms with Gasteiger partial charge in [0.25, 0.3) is 11.8 Å². The monoisotopic (exact) mass is 400 g/mol. The molecule has 1 N–H and O–H groups in total. The minimum atomic E-state index is -0.585. The summed E-state index contributed by atoms with van der Waals surface area (Å²) >= 11 is 1.34. The SMILES string of the molecule is C[C@@H]1C[C@@H](C)CN(C(=O)COC(=O)c2cccc(NC(=O)c3cccs3)c2)C1. The number of anilines is 1. The predicted octanol–water partition coefficient (Wildman–Crippen LogP) is 3.66. The first-order chi connectivity index (χ1) is 13.4. The van der Waals surface area contributed by atoms with Gasteiger partial charge in [0, 0.05) is 18.8 Å².